The molecule has 2 aromatic heterocycles. The number of imidazole rings is 1. The summed E-state index contributed by atoms with van der Waals surface area (Å²) in [5.74, 6) is 1.13. The zero-order chi connectivity index (χ0) is 19.4. The molecule has 0 saturated heterocycles. The molecule has 0 atom stereocenters. The Bertz CT molecular complexity index is 927. The highest BCUT2D eigenvalue weighted by molar-refractivity contribution is 7.99. The van der Waals surface area contributed by atoms with E-state index < -0.39 is 0 Å². The first-order valence-corrected chi connectivity index (χ1v) is 9.43. The lowest BCUT2D eigenvalue weighted by Crippen LogP contribution is -2.14. The van der Waals surface area contributed by atoms with Crippen LogP contribution < -0.4 is 10.1 Å². The van der Waals surface area contributed by atoms with Crippen LogP contribution >= 0.6 is 11.8 Å². The van der Waals surface area contributed by atoms with Gasteiger partial charge in [-0.25, -0.2) is 4.98 Å². The Balaban J connectivity index is 1.63. The number of thioether (sulfide) groups is 1. The van der Waals surface area contributed by atoms with Crippen molar-refractivity contribution < 1.29 is 14.1 Å². The van der Waals surface area contributed by atoms with Crippen LogP contribution in [0.5, 0.6) is 5.75 Å². The van der Waals surface area contributed by atoms with Gasteiger partial charge in [-0.15, -0.1) is 0 Å². The predicted octanol–water partition coefficient (Wildman–Crippen LogP) is 3.90. The van der Waals surface area contributed by atoms with Crippen LogP contribution in [0.2, 0.25) is 0 Å². The van der Waals surface area contributed by atoms with Gasteiger partial charge in [0.1, 0.15) is 5.75 Å². The number of nitrogens with one attached hydrogen (secondary N) is 1. The largest absolute Gasteiger partial charge is 0.497 e. The molecule has 0 saturated carbocycles. The highest BCUT2D eigenvalue weighted by Crippen LogP contribution is 2.25. The van der Waals surface area contributed by atoms with Crippen molar-refractivity contribution in [3.8, 4) is 11.4 Å². The average molecular weight is 386 g/mol. The highest BCUT2D eigenvalue weighted by atomic mass is 32.2. The van der Waals surface area contributed by atoms with Crippen LogP contribution in [0.4, 0.5) is 5.88 Å². The maximum atomic E-state index is 12.2. The maximum absolute atomic E-state index is 12.2. The zero-order valence-corrected chi connectivity index (χ0v) is 16.5. The van der Waals surface area contributed by atoms with E-state index in [1.807, 2.05) is 55.8 Å². The first-order valence-electron chi connectivity index (χ1n) is 8.44. The van der Waals surface area contributed by atoms with Gasteiger partial charge in [0.25, 0.3) is 0 Å². The van der Waals surface area contributed by atoms with Crippen molar-refractivity contribution in [1.82, 2.24) is 14.7 Å². The smallest absolute Gasteiger partial charge is 0.237 e. The minimum Gasteiger partial charge on any atom is -0.497 e. The van der Waals surface area contributed by atoms with Gasteiger partial charge in [-0.2, -0.15) is 0 Å². The van der Waals surface area contributed by atoms with Crippen LogP contribution in [0.1, 0.15) is 26.5 Å². The number of benzene rings is 1. The maximum Gasteiger partial charge on any atom is 0.237 e. The second kappa shape index (κ2) is 7.87. The summed E-state index contributed by atoms with van der Waals surface area (Å²) < 4.78 is 12.4. The van der Waals surface area contributed by atoms with E-state index in [1.165, 1.54) is 11.8 Å². The predicted molar refractivity (Wildman–Crippen MR) is 105 cm³/mol. The number of hydrogen-bond donors (Lipinski definition) is 1. The molecular formula is C19H22N4O3S. The van der Waals surface area contributed by atoms with Gasteiger partial charge < -0.3 is 9.26 Å². The zero-order valence-electron chi connectivity index (χ0n) is 15.7. The standard InChI is InChI=1S/C19H22N4O3S/c1-19(2,3)15-11-17(26-22-15)21-16(24)12-27-18-20-8-9-23(18)13-6-5-7-14(10-13)25-4/h5-11H,12H2,1-4H3,(H,21,24). The van der Waals surface area contributed by atoms with Gasteiger partial charge in [0.05, 0.1) is 24.2 Å². The number of nitrogens with zero attached hydrogens (tertiary/aromatic N) is 3. The van der Waals surface area contributed by atoms with Crippen LogP contribution in [0.3, 0.4) is 0 Å². The lowest BCUT2D eigenvalue weighted by atomic mass is 9.92. The second-order valence-electron chi connectivity index (χ2n) is 6.94. The Morgan fingerprint density at radius 1 is 1.33 bits per heavy atom. The van der Waals surface area contributed by atoms with Crippen molar-refractivity contribution in [3.05, 3.63) is 48.4 Å². The van der Waals surface area contributed by atoms with Gasteiger partial charge in [-0.05, 0) is 12.1 Å². The van der Waals surface area contributed by atoms with Crippen molar-refractivity contribution in [2.24, 2.45) is 0 Å². The third-order valence-electron chi connectivity index (χ3n) is 3.81. The van der Waals surface area contributed by atoms with E-state index in [0.29, 0.717) is 11.0 Å². The number of carbonyl (C=O) groups is 1. The van der Waals surface area contributed by atoms with Gasteiger partial charge in [0, 0.05) is 29.9 Å². The van der Waals surface area contributed by atoms with E-state index in [9.17, 15) is 4.79 Å². The Labute approximate surface area is 162 Å². The average Bonchev–Trinajstić information content (AvgIpc) is 3.29. The molecule has 0 aliphatic rings. The SMILES string of the molecule is COc1cccc(-n2ccnc2SCC(=O)Nc2cc(C(C)(C)C)no2)c1. The number of aromatic nitrogens is 3. The van der Waals surface area contributed by atoms with Crippen LogP contribution in [0, 0.1) is 0 Å². The number of anilines is 1. The van der Waals surface area contributed by atoms with Crippen LogP contribution in [-0.4, -0.2) is 33.5 Å². The minimum atomic E-state index is -0.184. The molecule has 2 heterocycles. The lowest BCUT2D eigenvalue weighted by Gasteiger charge is -2.12. The number of carbonyl (C=O) groups excluding carboxylic acids is 1. The first-order chi connectivity index (χ1) is 12.9. The number of amides is 1. The van der Waals surface area contributed by atoms with Gasteiger partial charge in [0.15, 0.2) is 5.16 Å². The Morgan fingerprint density at radius 2 is 2.15 bits per heavy atom. The van der Waals surface area contributed by atoms with Crippen molar-refractivity contribution in [1.29, 1.82) is 0 Å². The summed E-state index contributed by atoms with van der Waals surface area (Å²) in [4.78, 5) is 16.6. The monoisotopic (exact) mass is 386 g/mol. The molecule has 1 aromatic carbocycles. The van der Waals surface area contributed by atoms with Gasteiger partial charge in [0.2, 0.25) is 11.8 Å². The topological polar surface area (TPSA) is 82.2 Å². The summed E-state index contributed by atoms with van der Waals surface area (Å²) in [6, 6.07) is 9.40. The Hall–Kier alpha value is -2.74. The molecular weight excluding hydrogens is 364 g/mol. The number of methoxy groups -OCH3 is 1. The Morgan fingerprint density at radius 3 is 2.85 bits per heavy atom. The van der Waals surface area contributed by atoms with E-state index in [0.717, 1.165) is 17.1 Å². The van der Waals surface area contributed by atoms with E-state index in [4.69, 9.17) is 9.26 Å². The fourth-order valence-electron chi connectivity index (χ4n) is 2.34. The molecule has 8 heteroatoms. The van der Waals surface area contributed by atoms with Crippen LogP contribution in [0.15, 0.2) is 52.4 Å². The molecule has 1 amide bonds. The van der Waals surface area contributed by atoms with Crippen molar-refractivity contribution in [2.75, 3.05) is 18.2 Å². The molecule has 1 N–H and O–H groups in total. The van der Waals surface area contributed by atoms with E-state index >= 15 is 0 Å². The summed E-state index contributed by atoms with van der Waals surface area (Å²) in [5, 5.41) is 7.44. The van der Waals surface area contributed by atoms with Gasteiger partial charge in [-0.3, -0.25) is 14.7 Å². The summed E-state index contributed by atoms with van der Waals surface area (Å²) in [5.41, 5.74) is 1.57. The van der Waals surface area contributed by atoms with Gasteiger partial charge in [-0.1, -0.05) is 43.8 Å². The summed E-state index contributed by atoms with van der Waals surface area (Å²) in [7, 11) is 1.63. The second-order valence-corrected chi connectivity index (χ2v) is 7.89. The molecule has 3 aromatic rings. The summed E-state index contributed by atoms with van der Waals surface area (Å²) in [6.07, 6.45) is 3.55. The third kappa shape index (κ3) is 4.71. The number of hydrogen-bond acceptors (Lipinski definition) is 6. The number of rotatable bonds is 6. The molecule has 0 radical (unpaired) electrons. The van der Waals surface area contributed by atoms with E-state index in [2.05, 4.69) is 15.5 Å². The van der Waals surface area contributed by atoms with Gasteiger partial charge >= 0.3 is 0 Å². The normalized spacial score (nSPS) is 11.4. The Kier molecular flexibility index (Phi) is 5.55. The fraction of sp³-hybridized carbons (Fsp3) is 0.316. The first kappa shape index (κ1) is 19.0. The lowest BCUT2D eigenvalue weighted by molar-refractivity contribution is -0.113. The van der Waals surface area contributed by atoms with Crippen molar-refractivity contribution in [3.63, 3.8) is 0 Å². The number of ether oxygens (including phenoxy) is 1. The molecule has 0 spiro atoms. The molecule has 0 aliphatic heterocycles. The molecule has 0 aliphatic carbocycles. The molecule has 27 heavy (non-hydrogen) atoms. The summed E-state index contributed by atoms with van der Waals surface area (Å²) >= 11 is 1.34. The highest BCUT2D eigenvalue weighted by Gasteiger charge is 2.20. The molecule has 142 valence electrons. The van der Waals surface area contributed by atoms with E-state index in [1.54, 1.807) is 19.4 Å². The quantitative estimate of drug-likeness (QED) is 0.647. The molecule has 0 bridgehead atoms. The molecule has 3 rings (SSSR count). The molecule has 0 fully saturated rings. The fourth-order valence-corrected chi connectivity index (χ4v) is 3.12. The van der Waals surface area contributed by atoms with Crippen molar-refractivity contribution in [2.45, 2.75) is 31.3 Å². The third-order valence-corrected chi connectivity index (χ3v) is 4.78. The van der Waals surface area contributed by atoms with Crippen LogP contribution in [-0.2, 0) is 10.2 Å². The summed E-state index contributed by atoms with van der Waals surface area (Å²) in [6.45, 7) is 6.10. The van der Waals surface area contributed by atoms with Crippen LogP contribution in [0.25, 0.3) is 5.69 Å². The molecule has 0 unspecified atom stereocenters. The van der Waals surface area contributed by atoms with Crippen molar-refractivity contribution >= 4 is 23.6 Å². The minimum absolute atomic E-state index is 0.136. The van der Waals surface area contributed by atoms with E-state index in [-0.39, 0.29) is 17.1 Å². The molecule has 7 nitrogen and oxygen atoms in total.